The molecule has 3 amide bonds. The van der Waals surface area contributed by atoms with Gasteiger partial charge in [-0.05, 0) is 24.1 Å². The van der Waals surface area contributed by atoms with E-state index in [9.17, 15) is 14.4 Å². The minimum Gasteiger partial charge on any atom is -0.338 e. The Bertz CT molecular complexity index is 640. The molecule has 2 aliphatic rings. The van der Waals surface area contributed by atoms with Gasteiger partial charge in [-0.2, -0.15) is 0 Å². The third-order valence-electron chi connectivity index (χ3n) is 4.02. The van der Waals surface area contributed by atoms with Crippen LogP contribution in [0, 0.1) is 0 Å². The second-order valence-electron chi connectivity index (χ2n) is 5.47. The van der Waals surface area contributed by atoms with Gasteiger partial charge in [0.1, 0.15) is 0 Å². The Hall–Kier alpha value is -1.24. The van der Waals surface area contributed by atoms with Crippen molar-refractivity contribution in [3.05, 3.63) is 33.8 Å². The molecule has 0 spiro atoms. The summed E-state index contributed by atoms with van der Waals surface area (Å²) in [4.78, 5) is 38.4. The van der Waals surface area contributed by atoms with E-state index in [4.69, 9.17) is 23.2 Å². The van der Waals surface area contributed by atoms with Crippen LogP contribution in [0.1, 0.15) is 12.0 Å². The standard InChI is InChI=1S/C15H14Cl2N2O3S/c16-11-2-1-3-12(17)10(11)4-5-13(20)18-6-9(7-18)19-14(21)8-23-15(19)22/h1-3,9H,4-8H2. The van der Waals surface area contributed by atoms with Gasteiger partial charge in [-0.1, -0.05) is 41.0 Å². The first-order chi connectivity index (χ1) is 11.0. The van der Waals surface area contributed by atoms with E-state index in [0.717, 1.165) is 17.3 Å². The first-order valence-corrected chi connectivity index (χ1v) is 8.91. The Morgan fingerprint density at radius 2 is 1.87 bits per heavy atom. The summed E-state index contributed by atoms with van der Waals surface area (Å²) in [5.41, 5.74) is 0.766. The van der Waals surface area contributed by atoms with Crippen molar-refractivity contribution in [1.29, 1.82) is 0 Å². The fourth-order valence-electron chi connectivity index (χ4n) is 2.70. The van der Waals surface area contributed by atoms with Crippen LogP contribution in [0.5, 0.6) is 0 Å². The maximum atomic E-state index is 12.2. The fourth-order valence-corrected chi connectivity index (χ4v) is 4.06. The zero-order valence-electron chi connectivity index (χ0n) is 12.1. The van der Waals surface area contributed by atoms with Crippen LogP contribution < -0.4 is 0 Å². The summed E-state index contributed by atoms with van der Waals surface area (Å²) in [5.74, 6) is 0.0119. The number of amides is 3. The predicted octanol–water partition coefficient (Wildman–Crippen LogP) is 2.83. The largest absolute Gasteiger partial charge is 0.338 e. The number of hydrogen-bond donors (Lipinski definition) is 0. The molecular formula is C15H14Cl2N2O3S. The number of carbonyl (C=O) groups is 3. The third-order valence-corrected chi connectivity index (χ3v) is 5.56. The summed E-state index contributed by atoms with van der Waals surface area (Å²) < 4.78 is 0. The molecule has 3 rings (SSSR count). The predicted molar refractivity (Wildman–Crippen MR) is 89.9 cm³/mol. The highest BCUT2D eigenvalue weighted by Gasteiger charge is 2.43. The number of rotatable bonds is 4. The summed E-state index contributed by atoms with van der Waals surface area (Å²) in [5, 5.41) is 0.893. The molecule has 1 aromatic carbocycles. The average Bonchev–Trinajstić information content (AvgIpc) is 2.77. The van der Waals surface area contributed by atoms with E-state index in [1.54, 1.807) is 23.1 Å². The molecule has 2 heterocycles. The lowest BCUT2D eigenvalue weighted by Crippen LogP contribution is -2.62. The highest BCUT2D eigenvalue weighted by molar-refractivity contribution is 8.14. The molecule has 0 N–H and O–H groups in total. The molecule has 0 unspecified atom stereocenters. The van der Waals surface area contributed by atoms with Gasteiger partial charge in [0.05, 0.1) is 11.8 Å². The van der Waals surface area contributed by atoms with Crippen molar-refractivity contribution in [2.24, 2.45) is 0 Å². The first kappa shape index (κ1) is 16.6. The lowest BCUT2D eigenvalue weighted by atomic mass is 10.0. The Morgan fingerprint density at radius 3 is 2.43 bits per heavy atom. The van der Waals surface area contributed by atoms with Crippen molar-refractivity contribution in [3.8, 4) is 0 Å². The van der Waals surface area contributed by atoms with Gasteiger partial charge in [0.25, 0.3) is 5.24 Å². The zero-order valence-corrected chi connectivity index (χ0v) is 14.5. The number of thioether (sulfide) groups is 1. The molecule has 0 aliphatic carbocycles. The summed E-state index contributed by atoms with van der Waals surface area (Å²) >= 11 is 13.2. The lowest BCUT2D eigenvalue weighted by Gasteiger charge is -2.42. The molecule has 1 aromatic rings. The number of halogens is 2. The van der Waals surface area contributed by atoms with Crippen LogP contribution in [-0.2, 0) is 16.0 Å². The van der Waals surface area contributed by atoms with Crippen molar-refractivity contribution in [2.45, 2.75) is 18.9 Å². The maximum absolute atomic E-state index is 12.2. The topological polar surface area (TPSA) is 57.7 Å². The Kier molecular flexibility index (Phi) is 4.85. The Balaban J connectivity index is 1.51. The summed E-state index contributed by atoms with van der Waals surface area (Å²) in [6.07, 6.45) is 0.767. The van der Waals surface area contributed by atoms with E-state index >= 15 is 0 Å². The number of likely N-dealkylation sites (tertiary alicyclic amines) is 1. The minimum absolute atomic E-state index is 0.0241. The first-order valence-electron chi connectivity index (χ1n) is 7.17. The van der Waals surface area contributed by atoms with Gasteiger partial charge in [0.15, 0.2) is 0 Å². The Labute approximate surface area is 147 Å². The summed E-state index contributed by atoms with van der Waals surface area (Å²) in [7, 11) is 0. The van der Waals surface area contributed by atoms with Gasteiger partial charge in [0, 0.05) is 29.6 Å². The monoisotopic (exact) mass is 372 g/mol. The SMILES string of the molecule is O=C(CCc1c(Cl)cccc1Cl)N1CC(N2C(=O)CSC2=O)C1. The van der Waals surface area contributed by atoms with Gasteiger partial charge in [-0.25, -0.2) is 0 Å². The van der Waals surface area contributed by atoms with E-state index < -0.39 is 0 Å². The van der Waals surface area contributed by atoms with Crippen LogP contribution in [0.2, 0.25) is 10.0 Å². The molecule has 23 heavy (non-hydrogen) atoms. The van der Waals surface area contributed by atoms with Crippen LogP contribution in [0.4, 0.5) is 4.79 Å². The van der Waals surface area contributed by atoms with E-state index in [0.29, 0.717) is 36.0 Å². The van der Waals surface area contributed by atoms with Gasteiger partial charge >= 0.3 is 0 Å². The van der Waals surface area contributed by atoms with Crippen LogP contribution >= 0.6 is 35.0 Å². The molecule has 2 aliphatic heterocycles. The van der Waals surface area contributed by atoms with E-state index in [1.165, 1.54) is 4.90 Å². The number of nitrogens with zero attached hydrogens (tertiary/aromatic N) is 2. The molecule has 8 heteroatoms. The summed E-state index contributed by atoms with van der Waals surface area (Å²) in [6.45, 7) is 0.820. The van der Waals surface area contributed by atoms with Gasteiger partial charge in [0.2, 0.25) is 11.8 Å². The number of hydrogen-bond acceptors (Lipinski definition) is 4. The van der Waals surface area contributed by atoms with E-state index in [-0.39, 0.29) is 28.8 Å². The maximum Gasteiger partial charge on any atom is 0.289 e. The Morgan fingerprint density at radius 1 is 1.22 bits per heavy atom. The highest BCUT2D eigenvalue weighted by Crippen LogP contribution is 2.28. The van der Waals surface area contributed by atoms with Crippen molar-refractivity contribution >= 4 is 52.0 Å². The fraction of sp³-hybridized carbons (Fsp3) is 0.400. The normalized spacial score (nSPS) is 18.5. The second-order valence-corrected chi connectivity index (χ2v) is 7.21. The molecule has 0 bridgehead atoms. The number of benzene rings is 1. The molecule has 0 aromatic heterocycles. The molecule has 0 saturated carbocycles. The van der Waals surface area contributed by atoms with Gasteiger partial charge in [-0.3, -0.25) is 19.3 Å². The van der Waals surface area contributed by atoms with Crippen molar-refractivity contribution in [1.82, 2.24) is 9.80 Å². The molecular weight excluding hydrogens is 359 g/mol. The second kappa shape index (κ2) is 6.71. The molecule has 2 saturated heterocycles. The van der Waals surface area contributed by atoms with Crippen LogP contribution in [0.25, 0.3) is 0 Å². The van der Waals surface area contributed by atoms with E-state index in [1.807, 2.05) is 0 Å². The summed E-state index contributed by atoms with van der Waals surface area (Å²) in [6, 6.07) is 5.07. The molecule has 122 valence electrons. The van der Waals surface area contributed by atoms with Crippen molar-refractivity contribution in [2.75, 3.05) is 18.8 Å². The third kappa shape index (κ3) is 3.34. The number of imide groups is 1. The minimum atomic E-state index is -0.213. The van der Waals surface area contributed by atoms with Crippen molar-refractivity contribution < 1.29 is 14.4 Å². The van der Waals surface area contributed by atoms with E-state index in [2.05, 4.69) is 0 Å². The lowest BCUT2D eigenvalue weighted by molar-refractivity contribution is -0.142. The molecule has 0 radical (unpaired) electrons. The highest BCUT2D eigenvalue weighted by atomic mass is 35.5. The van der Waals surface area contributed by atoms with Crippen LogP contribution in [0.3, 0.4) is 0 Å². The quantitative estimate of drug-likeness (QED) is 0.815. The van der Waals surface area contributed by atoms with Gasteiger partial charge in [-0.15, -0.1) is 0 Å². The van der Waals surface area contributed by atoms with Crippen LogP contribution in [0.15, 0.2) is 18.2 Å². The zero-order chi connectivity index (χ0) is 16.6. The van der Waals surface area contributed by atoms with Crippen LogP contribution in [-0.4, -0.2) is 51.7 Å². The van der Waals surface area contributed by atoms with Gasteiger partial charge < -0.3 is 4.90 Å². The molecule has 0 atom stereocenters. The average molecular weight is 373 g/mol. The van der Waals surface area contributed by atoms with Crippen molar-refractivity contribution in [3.63, 3.8) is 0 Å². The molecule has 2 fully saturated rings. The molecule has 5 nitrogen and oxygen atoms in total. The number of carbonyl (C=O) groups excluding carboxylic acids is 3. The smallest absolute Gasteiger partial charge is 0.289 e.